The average molecular weight is 381 g/mol. The molecule has 0 saturated carbocycles. The van der Waals surface area contributed by atoms with Gasteiger partial charge in [-0.15, -0.1) is 0 Å². The molecule has 0 aliphatic carbocycles. The smallest absolute Gasteiger partial charge is 0.335 e. The molecule has 2 rings (SSSR count). The molecule has 22 heavy (non-hydrogen) atoms. The normalized spacial score (nSPS) is 14.6. The van der Waals surface area contributed by atoms with Gasteiger partial charge in [-0.3, -0.25) is 9.78 Å². The summed E-state index contributed by atoms with van der Waals surface area (Å²) in [5.41, 5.74) is 0.151. The lowest BCUT2D eigenvalue weighted by molar-refractivity contribution is -0.305. The summed E-state index contributed by atoms with van der Waals surface area (Å²) in [6.45, 7) is 0. The molecule has 1 atom stereocenters. The molecule has 0 bridgehead atoms. The zero-order valence-electron chi connectivity index (χ0n) is 11.0. The van der Waals surface area contributed by atoms with Crippen molar-refractivity contribution in [1.29, 1.82) is 0 Å². The van der Waals surface area contributed by atoms with Crippen molar-refractivity contribution in [2.75, 3.05) is 12.4 Å². The molecule has 0 spiro atoms. The number of ether oxygens (including phenoxy) is 1. The van der Waals surface area contributed by atoms with Gasteiger partial charge in [0.15, 0.2) is 0 Å². The highest BCUT2D eigenvalue weighted by atomic mass is 79.9. The largest absolute Gasteiger partial charge is 0.458 e. The summed E-state index contributed by atoms with van der Waals surface area (Å²) < 4.78 is 56.0. The lowest BCUT2D eigenvalue weighted by Crippen LogP contribution is -2.52. The molecule has 1 amide bonds. The highest BCUT2D eigenvalue weighted by Crippen LogP contribution is 2.36. The predicted molar refractivity (Wildman–Crippen MR) is 75.0 cm³/mol. The molecule has 9 heteroatoms. The molecule has 1 heterocycles. The van der Waals surface area contributed by atoms with Crippen LogP contribution < -0.4 is 5.32 Å². The number of methoxy groups -OCH3 is 1. The Morgan fingerprint density at radius 2 is 2.00 bits per heavy atom. The standard InChI is InChI=1S/C13H9BrF4N2O2/c1-22-12(15,13(16,17)18)11(21)20-9-6-8(14)5-7-3-2-4-19-10(7)9/h2-6H,1H3,(H,20,21)/t12-/m1/s1. The van der Waals surface area contributed by atoms with E-state index >= 15 is 0 Å². The van der Waals surface area contributed by atoms with Gasteiger partial charge in [0.2, 0.25) is 0 Å². The minimum Gasteiger partial charge on any atom is -0.335 e. The number of pyridine rings is 1. The second kappa shape index (κ2) is 5.81. The van der Waals surface area contributed by atoms with Crippen LogP contribution in [-0.2, 0) is 9.53 Å². The molecule has 2 aromatic rings. The van der Waals surface area contributed by atoms with Crippen molar-refractivity contribution in [2.45, 2.75) is 12.0 Å². The zero-order chi connectivity index (χ0) is 16.5. The number of amides is 1. The lowest BCUT2D eigenvalue weighted by atomic mass is 10.2. The topological polar surface area (TPSA) is 51.2 Å². The van der Waals surface area contributed by atoms with E-state index in [-0.39, 0.29) is 11.2 Å². The van der Waals surface area contributed by atoms with Gasteiger partial charge >= 0.3 is 12.0 Å². The van der Waals surface area contributed by atoms with Crippen LogP contribution in [0.2, 0.25) is 0 Å². The molecule has 1 N–H and O–H groups in total. The van der Waals surface area contributed by atoms with Crippen LogP contribution in [0.4, 0.5) is 23.2 Å². The first-order valence-electron chi connectivity index (χ1n) is 5.85. The Hall–Kier alpha value is -1.74. The molecular formula is C13H9BrF4N2O2. The van der Waals surface area contributed by atoms with Gasteiger partial charge in [-0.2, -0.15) is 17.6 Å². The number of nitrogens with zero attached hydrogens (tertiary/aromatic N) is 1. The van der Waals surface area contributed by atoms with Gasteiger partial charge in [0, 0.05) is 23.2 Å². The van der Waals surface area contributed by atoms with E-state index in [0.717, 1.165) is 0 Å². The first kappa shape index (κ1) is 16.6. The molecule has 0 aliphatic heterocycles. The number of anilines is 1. The number of benzene rings is 1. The van der Waals surface area contributed by atoms with E-state index in [1.807, 2.05) is 5.32 Å². The van der Waals surface area contributed by atoms with Gasteiger partial charge in [-0.25, -0.2) is 0 Å². The van der Waals surface area contributed by atoms with Crippen LogP contribution in [0.1, 0.15) is 0 Å². The van der Waals surface area contributed by atoms with E-state index in [1.54, 1.807) is 18.2 Å². The molecule has 0 saturated heterocycles. The summed E-state index contributed by atoms with van der Waals surface area (Å²) in [5.74, 6) is -6.43. The zero-order valence-corrected chi connectivity index (χ0v) is 12.6. The third-order valence-electron chi connectivity index (χ3n) is 2.86. The minimum absolute atomic E-state index is 0.0710. The summed E-state index contributed by atoms with van der Waals surface area (Å²) in [6.07, 6.45) is -4.12. The van der Waals surface area contributed by atoms with Crippen molar-refractivity contribution in [1.82, 2.24) is 4.98 Å². The molecule has 118 valence electrons. The summed E-state index contributed by atoms with van der Waals surface area (Å²) >= 11 is 3.15. The van der Waals surface area contributed by atoms with Gasteiger partial charge in [0.05, 0.1) is 11.2 Å². The summed E-state index contributed by atoms with van der Waals surface area (Å²) in [5, 5.41) is 2.43. The van der Waals surface area contributed by atoms with Crippen molar-refractivity contribution < 1.29 is 27.1 Å². The Kier molecular flexibility index (Phi) is 4.39. The SMILES string of the molecule is CO[C@](F)(C(=O)Nc1cc(Br)cc2cccnc12)C(F)(F)F. The maximum absolute atomic E-state index is 13.8. The number of halogens is 5. The fourth-order valence-electron chi connectivity index (χ4n) is 1.79. The number of fused-ring (bicyclic) bond motifs is 1. The third-order valence-corrected chi connectivity index (χ3v) is 3.31. The summed E-state index contributed by atoms with van der Waals surface area (Å²) in [7, 11) is 0.463. The molecule has 1 aromatic carbocycles. The Bertz CT molecular complexity index is 723. The lowest BCUT2D eigenvalue weighted by Gasteiger charge is -2.25. The minimum atomic E-state index is -5.51. The van der Waals surface area contributed by atoms with Crippen LogP contribution in [0.25, 0.3) is 10.9 Å². The Labute approximate surface area is 130 Å². The highest BCUT2D eigenvalue weighted by molar-refractivity contribution is 9.10. The van der Waals surface area contributed by atoms with Gasteiger partial charge in [-0.1, -0.05) is 22.0 Å². The van der Waals surface area contributed by atoms with Gasteiger partial charge < -0.3 is 10.1 Å². The fraction of sp³-hybridized carbons (Fsp3) is 0.231. The number of hydrogen-bond acceptors (Lipinski definition) is 3. The van der Waals surface area contributed by atoms with Crippen molar-refractivity contribution >= 4 is 38.4 Å². The maximum Gasteiger partial charge on any atom is 0.458 e. The number of aromatic nitrogens is 1. The number of nitrogens with one attached hydrogen (secondary N) is 1. The number of hydrogen-bond donors (Lipinski definition) is 1. The van der Waals surface area contributed by atoms with Crippen molar-refractivity contribution in [2.24, 2.45) is 0 Å². The highest BCUT2D eigenvalue weighted by Gasteiger charge is 2.63. The summed E-state index contributed by atoms with van der Waals surface area (Å²) in [4.78, 5) is 15.7. The molecule has 0 radical (unpaired) electrons. The van der Waals surface area contributed by atoms with E-state index in [2.05, 4.69) is 25.7 Å². The van der Waals surface area contributed by atoms with Crippen LogP contribution in [0.3, 0.4) is 0 Å². The molecule has 1 aromatic heterocycles. The molecule has 4 nitrogen and oxygen atoms in total. The Morgan fingerprint density at radius 1 is 1.32 bits per heavy atom. The molecular weight excluding hydrogens is 372 g/mol. The maximum atomic E-state index is 13.8. The van der Waals surface area contributed by atoms with E-state index in [1.165, 1.54) is 12.3 Å². The average Bonchev–Trinajstić information content (AvgIpc) is 2.44. The Balaban J connectivity index is 2.45. The third kappa shape index (κ3) is 2.91. The molecule has 0 aliphatic rings. The van der Waals surface area contributed by atoms with Crippen molar-refractivity contribution in [3.05, 3.63) is 34.9 Å². The van der Waals surface area contributed by atoms with Crippen LogP contribution in [0, 0.1) is 0 Å². The number of carbonyl (C=O) groups is 1. The van der Waals surface area contributed by atoms with E-state index in [4.69, 9.17) is 0 Å². The quantitative estimate of drug-likeness (QED) is 0.823. The van der Waals surface area contributed by atoms with Crippen LogP contribution in [0.15, 0.2) is 34.9 Å². The van der Waals surface area contributed by atoms with Crippen LogP contribution in [0.5, 0.6) is 0 Å². The molecule has 0 fully saturated rings. The Morgan fingerprint density at radius 3 is 2.59 bits per heavy atom. The monoisotopic (exact) mass is 380 g/mol. The van der Waals surface area contributed by atoms with Gasteiger partial charge in [0.1, 0.15) is 0 Å². The second-order valence-corrected chi connectivity index (χ2v) is 5.20. The number of carbonyl (C=O) groups excluding carboxylic acids is 1. The van der Waals surface area contributed by atoms with Gasteiger partial charge in [-0.05, 0) is 18.2 Å². The molecule has 0 unspecified atom stereocenters. The van der Waals surface area contributed by atoms with Crippen molar-refractivity contribution in [3.63, 3.8) is 0 Å². The van der Waals surface area contributed by atoms with E-state index in [9.17, 15) is 22.4 Å². The fourth-order valence-corrected chi connectivity index (χ4v) is 2.27. The van der Waals surface area contributed by atoms with E-state index < -0.39 is 17.9 Å². The van der Waals surface area contributed by atoms with Crippen LogP contribution >= 0.6 is 15.9 Å². The first-order valence-corrected chi connectivity index (χ1v) is 6.65. The van der Waals surface area contributed by atoms with Gasteiger partial charge in [0.25, 0.3) is 5.91 Å². The number of rotatable bonds is 3. The summed E-state index contributed by atoms with van der Waals surface area (Å²) in [6, 6.07) is 6.23. The second-order valence-electron chi connectivity index (χ2n) is 4.28. The van der Waals surface area contributed by atoms with Crippen molar-refractivity contribution in [3.8, 4) is 0 Å². The predicted octanol–water partition coefficient (Wildman–Crippen LogP) is 3.81. The first-order chi connectivity index (χ1) is 10.2. The van der Waals surface area contributed by atoms with E-state index in [0.29, 0.717) is 17.0 Å². The van der Waals surface area contributed by atoms with Crippen LogP contribution in [-0.4, -0.2) is 30.0 Å². The number of alkyl halides is 4.